The standard InChI is InChI=1S/C18H23F3N6O/c1-11-22-6-8-26(11)7-2-5-23-17(28)14-10-16-24-13(12-3-4-12)9-15(18(19,20)21)27(16)25-14/h6,8,10,12-13,15,24H,2-5,7,9H2,1H3,(H,23,28)/t13-,15+/m0/s1. The predicted octanol–water partition coefficient (Wildman–Crippen LogP) is 2.91. The lowest BCUT2D eigenvalue weighted by Gasteiger charge is -2.33. The monoisotopic (exact) mass is 396 g/mol. The zero-order chi connectivity index (χ0) is 19.9. The number of aromatic nitrogens is 4. The first kappa shape index (κ1) is 18.8. The fraction of sp³-hybridized carbons (Fsp3) is 0.611. The van der Waals surface area contributed by atoms with Gasteiger partial charge in [0.1, 0.15) is 11.6 Å². The van der Waals surface area contributed by atoms with Crippen molar-refractivity contribution in [3.63, 3.8) is 0 Å². The number of imidazole rings is 1. The van der Waals surface area contributed by atoms with Crippen LogP contribution in [0.1, 0.15) is 48.0 Å². The van der Waals surface area contributed by atoms with Crippen molar-refractivity contribution >= 4 is 11.7 Å². The van der Waals surface area contributed by atoms with Crippen LogP contribution in [0.5, 0.6) is 0 Å². The molecule has 4 rings (SSSR count). The van der Waals surface area contributed by atoms with Gasteiger partial charge in [0, 0.05) is 37.6 Å². The second kappa shape index (κ2) is 7.14. The first-order chi connectivity index (χ1) is 13.3. The van der Waals surface area contributed by atoms with Crippen LogP contribution in [-0.4, -0.2) is 44.0 Å². The number of hydrogen-bond donors (Lipinski definition) is 2. The molecule has 10 heteroatoms. The van der Waals surface area contributed by atoms with Gasteiger partial charge in [-0.2, -0.15) is 18.3 Å². The molecule has 0 bridgehead atoms. The van der Waals surface area contributed by atoms with Crippen LogP contribution in [0.2, 0.25) is 0 Å². The van der Waals surface area contributed by atoms with Crippen molar-refractivity contribution in [1.29, 1.82) is 0 Å². The summed E-state index contributed by atoms with van der Waals surface area (Å²) >= 11 is 0. The van der Waals surface area contributed by atoms with Crippen molar-refractivity contribution in [3.8, 4) is 0 Å². The van der Waals surface area contributed by atoms with Gasteiger partial charge >= 0.3 is 6.18 Å². The maximum absolute atomic E-state index is 13.5. The lowest BCUT2D eigenvalue weighted by molar-refractivity contribution is -0.174. The SMILES string of the molecule is Cc1nccn1CCCNC(=O)c1cc2n(n1)[C@@H](C(F)(F)F)C[C@@H](C1CC1)N2. The molecular weight excluding hydrogens is 373 g/mol. The smallest absolute Gasteiger partial charge is 0.367 e. The lowest BCUT2D eigenvalue weighted by Crippen LogP contribution is -2.40. The number of carbonyl (C=O) groups is 1. The highest BCUT2D eigenvalue weighted by Crippen LogP contribution is 2.45. The molecule has 1 saturated carbocycles. The molecule has 3 heterocycles. The number of halogens is 3. The van der Waals surface area contributed by atoms with Crippen LogP contribution >= 0.6 is 0 Å². The van der Waals surface area contributed by atoms with Crippen LogP contribution in [-0.2, 0) is 6.54 Å². The molecule has 2 aromatic heterocycles. The van der Waals surface area contributed by atoms with Crippen molar-refractivity contribution in [2.75, 3.05) is 11.9 Å². The quantitative estimate of drug-likeness (QED) is 0.736. The molecule has 152 valence electrons. The van der Waals surface area contributed by atoms with E-state index in [2.05, 4.69) is 20.7 Å². The van der Waals surface area contributed by atoms with Crippen LogP contribution in [0, 0.1) is 12.8 Å². The Morgan fingerprint density at radius 3 is 2.82 bits per heavy atom. The van der Waals surface area contributed by atoms with E-state index in [0.29, 0.717) is 19.5 Å². The van der Waals surface area contributed by atoms with E-state index in [4.69, 9.17) is 0 Å². The lowest BCUT2D eigenvalue weighted by atomic mass is 10.0. The van der Waals surface area contributed by atoms with E-state index in [1.165, 1.54) is 6.07 Å². The Balaban J connectivity index is 1.40. The number of nitrogens with zero attached hydrogens (tertiary/aromatic N) is 4. The summed E-state index contributed by atoms with van der Waals surface area (Å²) in [7, 11) is 0. The van der Waals surface area contributed by atoms with Crippen molar-refractivity contribution in [1.82, 2.24) is 24.6 Å². The summed E-state index contributed by atoms with van der Waals surface area (Å²) in [6.45, 7) is 3.00. The number of fused-ring (bicyclic) bond motifs is 1. The van der Waals surface area contributed by atoms with Gasteiger partial charge in [0.2, 0.25) is 0 Å². The summed E-state index contributed by atoms with van der Waals surface area (Å²) in [5, 5.41) is 9.83. The molecule has 7 nitrogen and oxygen atoms in total. The number of carbonyl (C=O) groups excluding carboxylic acids is 1. The minimum Gasteiger partial charge on any atom is -0.367 e. The van der Waals surface area contributed by atoms with Crippen molar-refractivity contribution in [3.05, 3.63) is 30.0 Å². The molecule has 2 N–H and O–H groups in total. The van der Waals surface area contributed by atoms with Crippen molar-refractivity contribution in [2.24, 2.45) is 5.92 Å². The Morgan fingerprint density at radius 1 is 1.39 bits per heavy atom. The molecule has 2 aromatic rings. The average Bonchev–Trinajstić information content (AvgIpc) is 3.27. The summed E-state index contributed by atoms with van der Waals surface area (Å²) in [6.07, 6.45) is 1.70. The number of hydrogen-bond acceptors (Lipinski definition) is 4. The maximum atomic E-state index is 13.5. The van der Waals surface area contributed by atoms with Gasteiger partial charge in [-0.15, -0.1) is 0 Å². The molecular formula is C18H23F3N6O. The van der Waals surface area contributed by atoms with Crippen molar-refractivity contribution in [2.45, 2.75) is 57.4 Å². The van der Waals surface area contributed by atoms with Crippen LogP contribution in [0.25, 0.3) is 0 Å². The third-order valence-corrected chi connectivity index (χ3v) is 5.43. The maximum Gasteiger partial charge on any atom is 0.410 e. The Labute approximate surface area is 160 Å². The molecule has 0 unspecified atom stereocenters. The van der Waals surface area contributed by atoms with E-state index in [1.54, 1.807) is 6.20 Å². The molecule has 1 aliphatic carbocycles. The van der Waals surface area contributed by atoms with Crippen LogP contribution in [0.15, 0.2) is 18.5 Å². The number of rotatable bonds is 6. The normalized spacial score (nSPS) is 21.9. The van der Waals surface area contributed by atoms with Gasteiger partial charge in [-0.25, -0.2) is 9.67 Å². The highest BCUT2D eigenvalue weighted by Gasteiger charge is 2.49. The molecule has 2 atom stereocenters. The summed E-state index contributed by atoms with van der Waals surface area (Å²) in [5.74, 6) is 0.972. The highest BCUT2D eigenvalue weighted by molar-refractivity contribution is 5.93. The van der Waals surface area contributed by atoms with Crippen LogP contribution < -0.4 is 10.6 Å². The molecule has 1 amide bonds. The molecule has 0 radical (unpaired) electrons. The minimum atomic E-state index is -4.40. The van der Waals surface area contributed by atoms with E-state index >= 15 is 0 Å². The van der Waals surface area contributed by atoms with Gasteiger partial charge < -0.3 is 15.2 Å². The Hall–Kier alpha value is -2.52. The summed E-state index contributed by atoms with van der Waals surface area (Å²) in [5.41, 5.74) is 0.00649. The summed E-state index contributed by atoms with van der Waals surface area (Å²) < 4.78 is 43.4. The molecule has 1 fully saturated rings. The Morgan fingerprint density at radius 2 is 2.18 bits per heavy atom. The Kier molecular flexibility index (Phi) is 4.80. The van der Waals surface area contributed by atoms with Crippen LogP contribution in [0.4, 0.5) is 19.0 Å². The zero-order valence-electron chi connectivity index (χ0n) is 15.5. The second-order valence-corrected chi connectivity index (χ2v) is 7.52. The summed E-state index contributed by atoms with van der Waals surface area (Å²) in [6, 6.07) is -0.493. The molecule has 2 aliphatic rings. The van der Waals surface area contributed by atoms with E-state index in [0.717, 1.165) is 23.3 Å². The average molecular weight is 396 g/mol. The molecule has 1 aliphatic heterocycles. The first-order valence-electron chi connectivity index (χ1n) is 9.51. The molecule has 28 heavy (non-hydrogen) atoms. The largest absolute Gasteiger partial charge is 0.410 e. The van der Waals surface area contributed by atoms with E-state index in [1.807, 2.05) is 17.7 Å². The van der Waals surface area contributed by atoms with Gasteiger partial charge in [0.15, 0.2) is 11.7 Å². The number of alkyl halides is 3. The number of aryl methyl sites for hydroxylation is 2. The van der Waals surface area contributed by atoms with Gasteiger partial charge in [-0.3, -0.25) is 4.79 Å². The van der Waals surface area contributed by atoms with E-state index < -0.39 is 18.1 Å². The number of nitrogens with one attached hydrogen (secondary N) is 2. The second-order valence-electron chi connectivity index (χ2n) is 7.52. The summed E-state index contributed by atoms with van der Waals surface area (Å²) in [4.78, 5) is 16.5. The Bertz CT molecular complexity index is 854. The van der Waals surface area contributed by atoms with E-state index in [9.17, 15) is 18.0 Å². The van der Waals surface area contributed by atoms with E-state index in [-0.39, 0.29) is 29.9 Å². The predicted molar refractivity (Wildman–Crippen MR) is 96.0 cm³/mol. The first-order valence-corrected chi connectivity index (χ1v) is 9.51. The van der Waals surface area contributed by atoms with Gasteiger partial charge in [-0.1, -0.05) is 0 Å². The van der Waals surface area contributed by atoms with Gasteiger partial charge in [-0.05, 0) is 38.5 Å². The minimum absolute atomic E-state index is 0.00649. The number of amides is 1. The highest BCUT2D eigenvalue weighted by atomic mass is 19.4. The van der Waals surface area contributed by atoms with Crippen LogP contribution in [0.3, 0.4) is 0 Å². The third-order valence-electron chi connectivity index (χ3n) is 5.43. The fourth-order valence-electron chi connectivity index (χ4n) is 3.70. The molecule has 0 saturated heterocycles. The fourth-order valence-corrected chi connectivity index (χ4v) is 3.70. The molecule has 0 spiro atoms. The number of anilines is 1. The third kappa shape index (κ3) is 3.85. The van der Waals surface area contributed by atoms with Gasteiger partial charge in [0.05, 0.1) is 0 Å². The zero-order valence-corrected chi connectivity index (χ0v) is 15.5. The topological polar surface area (TPSA) is 76.8 Å². The van der Waals surface area contributed by atoms with Gasteiger partial charge in [0.25, 0.3) is 5.91 Å². The van der Waals surface area contributed by atoms with Crippen molar-refractivity contribution < 1.29 is 18.0 Å². The molecule has 0 aromatic carbocycles.